The van der Waals surface area contributed by atoms with E-state index in [4.69, 9.17) is 27.4 Å². The number of hydrogen-bond donors (Lipinski definition) is 2. The van der Waals surface area contributed by atoms with E-state index in [1.165, 1.54) is 24.1 Å². The number of nitrogens with one attached hydrogen (secondary N) is 1. The Balaban J connectivity index is 2.01. The average Bonchev–Trinajstić information content (AvgIpc) is 2.80. The van der Waals surface area contributed by atoms with Crippen molar-refractivity contribution in [3.8, 4) is 0 Å². The summed E-state index contributed by atoms with van der Waals surface area (Å²) in [7, 11) is 1.44. The zero-order chi connectivity index (χ0) is 14.7. The molecule has 8 heteroatoms. The third kappa shape index (κ3) is 3.08. The molecule has 0 aliphatic carbocycles. The third-order valence-corrected chi connectivity index (χ3v) is 3.14. The predicted octanol–water partition coefficient (Wildman–Crippen LogP) is 1.25. The highest BCUT2D eigenvalue weighted by Crippen LogP contribution is 2.24. The molecule has 108 valence electrons. The van der Waals surface area contributed by atoms with Gasteiger partial charge in [0.1, 0.15) is 11.9 Å². The average molecular weight is 299 g/mol. The summed E-state index contributed by atoms with van der Waals surface area (Å²) in [6, 6.07) is 4.17. The van der Waals surface area contributed by atoms with Crippen LogP contribution in [0.5, 0.6) is 0 Å². The highest BCUT2D eigenvalue weighted by Gasteiger charge is 2.32. The number of carbonyl (C=O) groups excluding carboxylic acids is 1. The molecule has 1 saturated heterocycles. The first-order valence-electron chi connectivity index (χ1n) is 5.86. The summed E-state index contributed by atoms with van der Waals surface area (Å²) in [5.74, 6) is -0.572. The van der Waals surface area contributed by atoms with Crippen LogP contribution in [0.1, 0.15) is 0 Å². The second-order valence-corrected chi connectivity index (χ2v) is 4.57. The van der Waals surface area contributed by atoms with Gasteiger partial charge < -0.3 is 20.5 Å². The minimum absolute atomic E-state index is 0.0324. The van der Waals surface area contributed by atoms with Crippen molar-refractivity contribution in [3.05, 3.63) is 24.0 Å². The van der Waals surface area contributed by atoms with E-state index < -0.39 is 18.0 Å². The van der Waals surface area contributed by atoms with E-state index in [1.807, 2.05) is 0 Å². The van der Waals surface area contributed by atoms with Crippen LogP contribution in [0.25, 0.3) is 0 Å². The molecule has 0 bridgehead atoms. The molecule has 0 radical (unpaired) electrons. The molecule has 0 saturated carbocycles. The number of methoxy groups -OCH3 is 1. The first-order chi connectivity index (χ1) is 9.51. The van der Waals surface area contributed by atoms with Gasteiger partial charge >= 0.3 is 6.09 Å². The molecular weight excluding hydrogens is 285 g/mol. The highest BCUT2D eigenvalue weighted by molar-refractivity contribution is 7.80. The Labute approximate surface area is 120 Å². The summed E-state index contributed by atoms with van der Waals surface area (Å²) in [6.07, 6.45) is -0.930. The molecule has 1 aliphatic heterocycles. The number of thiocarbonyl (C=S) groups is 1. The second-order valence-electron chi connectivity index (χ2n) is 4.19. The lowest BCUT2D eigenvalue weighted by atomic mass is 10.2. The molecule has 6 nitrogen and oxygen atoms in total. The van der Waals surface area contributed by atoms with Crippen LogP contribution in [0.2, 0.25) is 0 Å². The van der Waals surface area contributed by atoms with E-state index in [0.717, 1.165) is 0 Å². The number of nitrogens with zero attached hydrogens (tertiary/aromatic N) is 1. The molecule has 0 spiro atoms. The van der Waals surface area contributed by atoms with Crippen LogP contribution in [0.4, 0.5) is 20.6 Å². The zero-order valence-electron chi connectivity index (χ0n) is 10.8. The van der Waals surface area contributed by atoms with Crippen molar-refractivity contribution in [1.82, 2.24) is 5.32 Å². The van der Waals surface area contributed by atoms with Gasteiger partial charge in [0.05, 0.1) is 31.6 Å². The van der Waals surface area contributed by atoms with Crippen molar-refractivity contribution in [2.45, 2.75) is 6.10 Å². The number of nitrogen functional groups attached to an aromatic ring is 1. The molecule has 2 rings (SSSR count). The van der Waals surface area contributed by atoms with Crippen LogP contribution in [-0.4, -0.2) is 37.6 Å². The largest absolute Gasteiger partial charge is 0.474 e. The number of halogens is 1. The first kappa shape index (κ1) is 14.3. The summed E-state index contributed by atoms with van der Waals surface area (Å²) in [5.41, 5.74) is 5.83. The summed E-state index contributed by atoms with van der Waals surface area (Å²) >= 11 is 4.82. The maximum Gasteiger partial charge on any atom is 0.414 e. The van der Waals surface area contributed by atoms with Crippen molar-refractivity contribution in [1.29, 1.82) is 0 Å². The van der Waals surface area contributed by atoms with Gasteiger partial charge in [-0.3, -0.25) is 4.90 Å². The van der Waals surface area contributed by atoms with Crippen LogP contribution in [-0.2, 0) is 9.47 Å². The monoisotopic (exact) mass is 299 g/mol. The standard InChI is InChI=1S/C12H14FN3O3S/c1-18-11(20)15-5-8-6-16(12(17)19-8)7-2-3-10(14)9(13)4-7/h2-4,8H,5-6,14H2,1H3,(H,15,20)/t8-/m0/s1. The smallest absolute Gasteiger partial charge is 0.414 e. The van der Waals surface area contributed by atoms with Gasteiger partial charge in [-0.2, -0.15) is 0 Å². The van der Waals surface area contributed by atoms with Gasteiger partial charge in [0, 0.05) is 0 Å². The number of rotatable bonds is 3. The zero-order valence-corrected chi connectivity index (χ0v) is 11.6. The highest BCUT2D eigenvalue weighted by atomic mass is 32.1. The molecule has 0 unspecified atom stereocenters. The van der Waals surface area contributed by atoms with Gasteiger partial charge in [-0.1, -0.05) is 0 Å². The molecule has 1 aliphatic rings. The minimum Gasteiger partial charge on any atom is -0.474 e. The molecule has 1 aromatic carbocycles. The van der Waals surface area contributed by atoms with Crippen LogP contribution < -0.4 is 16.0 Å². The number of hydrogen-bond acceptors (Lipinski definition) is 5. The maximum atomic E-state index is 13.4. The fourth-order valence-corrected chi connectivity index (χ4v) is 1.88. The Bertz CT molecular complexity index is 541. The molecule has 1 aromatic rings. The van der Waals surface area contributed by atoms with Crippen molar-refractivity contribution in [2.75, 3.05) is 30.8 Å². The summed E-state index contributed by atoms with van der Waals surface area (Å²) in [4.78, 5) is 13.1. The van der Waals surface area contributed by atoms with E-state index in [9.17, 15) is 9.18 Å². The van der Waals surface area contributed by atoms with Crippen molar-refractivity contribution >= 4 is 34.9 Å². The summed E-state index contributed by atoms with van der Waals surface area (Å²) < 4.78 is 23.3. The molecule has 3 N–H and O–H groups in total. The van der Waals surface area contributed by atoms with E-state index in [2.05, 4.69) is 5.32 Å². The lowest BCUT2D eigenvalue weighted by Gasteiger charge is -2.13. The van der Waals surface area contributed by atoms with Gasteiger partial charge in [0.2, 0.25) is 0 Å². The van der Waals surface area contributed by atoms with Gasteiger partial charge in [0.15, 0.2) is 0 Å². The minimum atomic E-state index is -0.572. The maximum absolute atomic E-state index is 13.4. The van der Waals surface area contributed by atoms with Gasteiger partial charge in [-0.15, -0.1) is 0 Å². The normalized spacial score (nSPS) is 17.8. The number of anilines is 2. The van der Waals surface area contributed by atoms with E-state index in [-0.39, 0.29) is 10.9 Å². The van der Waals surface area contributed by atoms with E-state index >= 15 is 0 Å². The van der Waals surface area contributed by atoms with Gasteiger partial charge in [-0.25, -0.2) is 9.18 Å². The lowest BCUT2D eigenvalue weighted by Crippen LogP contribution is -2.34. The number of nitrogens with two attached hydrogens (primary N) is 1. The fraction of sp³-hybridized carbons (Fsp3) is 0.333. The Morgan fingerprint density at radius 1 is 1.70 bits per heavy atom. The summed E-state index contributed by atoms with van der Waals surface area (Å²) in [5, 5.41) is 3.02. The summed E-state index contributed by atoms with van der Waals surface area (Å²) in [6.45, 7) is 0.619. The van der Waals surface area contributed by atoms with Crippen molar-refractivity contribution < 1.29 is 18.7 Å². The van der Waals surface area contributed by atoms with Crippen LogP contribution >= 0.6 is 12.2 Å². The number of carbonyl (C=O) groups is 1. The van der Waals surface area contributed by atoms with Gasteiger partial charge in [0.25, 0.3) is 5.17 Å². The topological polar surface area (TPSA) is 76.8 Å². The Kier molecular flexibility index (Phi) is 4.23. The molecule has 1 atom stereocenters. The van der Waals surface area contributed by atoms with Crippen molar-refractivity contribution in [2.24, 2.45) is 0 Å². The van der Waals surface area contributed by atoms with Crippen LogP contribution in [0.15, 0.2) is 18.2 Å². The lowest BCUT2D eigenvalue weighted by molar-refractivity contribution is 0.142. The molecule has 1 fully saturated rings. The quantitative estimate of drug-likeness (QED) is 0.646. The molecule has 0 aromatic heterocycles. The predicted molar refractivity (Wildman–Crippen MR) is 76.0 cm³/mol. The Hall–Kier alpha value is -2.09. The second kappa shape index (κ2) is 5.91. The molecule has 20 heavy (non-hydrogen) atoms. The molecule has 1 heterocycles. The number of benzene rings is 1. The Morgan fingerprint density at radius 2 is 2.45 bits per heavy atom. The van der Waals surface area contributed by atoms with E-state index in [1.54, 1.807) is 6.07 Å². The fourth-order valence-electron chi connectivity index (χ4n) is 1.79. The molecule has 1 amide bonds. The van der Waals surface area contributed by atoms with E-state index in [0.29, 0.717) is 18.8 Å². The Morgan fingerprint density at radius 3 is 3.10 bits per heavy atom. The molecular formula is C12H14FN3O3S. The number of cyclic esters (lactones) is 1. The van der Waals surface area contributed by atoms with Crippen molar-refractivity contribution in [3.63, 3.8) is 0 Å². The van der Waals surface area contributed by atoms with Crippen LogP contribution in [0.3, 0.4) is 0 Å². The first-order valence-corrected chi connectivity index (χ1v) is 6.27. The van der Waals surface area contributed by atoms with Crippen LogP contribution in [0, 0.1) is 5.82 Å². The number of ether oxygens (including phenoxy) is 2. The van der Waals surface area contributed by atoms with Gasteiger partial charge in [-0.05, 0) is 30.4 Å². The third-order valence-electron chi connectivity index (χ3n) is 2.83. The SMILES string of the molecule is COC(=S)NC[C@H]1CN(c2ccc(N)c(F)c2)C(=O)O1. The number of amides is 1.